The summed E-state index contributed by atoms with van der Waals surface area (Å²) in [5, 5.41) is 10.8. The van der Waals surface area contributed by atoms with E-state index in [1.165, 1.54) is 59.5 Å². The Hall–Kier alpha value is -7.34. The van der Waals surface area contributed by atoms with Crippen LogP contribution in [0.2, 0.25) is 0 Å². The van der Waals surface area contributed by atoms with Crippen LogP contribution in [0.5, 0.6) is 0 Å². The second-order valence-corrected chi connectivity index (χ2v) is 15.9. The fourth-order valence-corrected chi connectivity index (χ4v) is 10.6. The van der Waals surface area contributed by atoms with E-state index in [1.54, 1.807) is 11.3 Å². The first-order chi connectivity index (χ1) is 28.3. The number of hydrogen-bond donors (Lipinski definition) is 0. The summed E-state index contributed by atoms with van der Waals surface area (Å²) < 4.78 is 4.63. The number of thiophene rings is 1. The number of benzene rings is 9. The van der Waals surface area contributed by atoms with Crippen LogP contribution in [0.4, 0.5) is 17.1 Å². The summed E-state index contributed by atoms with van der Waals surface area (Å²) in [5.74, 6) is 1.61. The molecule has 0 aliphatic carbocycles. The minimum atomic E-state index is 0.711. The van der Waals surface area contributed by atoms with Gasteiger partial charge in [-0.2, -0.15) is 0 Å². The molecule has 0 spiro atoms. The second-order valence-electron chi connectivity index (χ2n) is 14.9. The predicted molar refractivity (Wildman–Crippen MR) is 241 cm³/mol. The van der Waals surface area contributed by atoms with E-state index >= 15 is 0 Å². The van der Waals surface area contributed by atoms with Gasteiger partial charge in [0.15, 0.2) is 11.6 Å². The van der Waals surface area contributed by atoms with Crippen LogP contribution in [-0.2, 0) is 0 Å². The third-order valence-corrected chi connectivity index (χ3v) is 13.1. The van der Waals surface area contributed by atoms with Gasteiger partial charge in [0.2, 0.25) is 0 Å². The molecule has 0 N–H and O–H groups in total. The van der Waals surface area contributed by atoms with Crippen LogP contribution in [0.3, 0.4) is 0 Å². The lowest BCUT2D eigenvalue weighted by molar-refractivity contribution is 1.08. The lowest BCUT2D eigenvalue weighted by Crippen LogP contribution is -2.16. The molecule has 0 bridgehead atoms. The number of fused-ring (bicyclic) bond motifs is 11. The molecule has 0 saturated heterocycles. The van der Waals surface area contributed by atoms with Gasteiger partial charge in [0.25, 0.3) is 0 Å². The van der Waals surface area contributed by atoms with Gasteiger partial charge in [-0.3, -0.25) is 4.57 Å². The van der Waals surface area contributed by atoms with Crippen molar-refractivity contribution >= 4 is 103 Å². The van der Waals surface area contributed by atoms with Gasteiger partial charge in [0.1, 0.15) is 0 Å². The zero-order valence-electron chi connectivity index (χ0n) is 30.5. The van der Waals surface area contributed by atoms with Crippen molar-refractivity contribution < 1.29 is 0 Å². The minimum Gasteiger partial charge on any atom is -0.308 e. The first kappa shape index (κ1) is 30.9. The Morgan fingerprint density at radius 3 is 1.84 bits per heavy atom. The zero-order valence-corrected chi connectivity index (χ0v) is 31.3. The number of rotatable bonds is 3. The van der Waals surface area contributed by atoms with Crippen molar-refractivity contribution in [2.75, 3.05) is 4.90 Å². The molecule has 3 aromatic heterocycles. The molecule has 0 radical (unpaired) electrons. The van der Waals surface area contributed by atoms with Crippen LogP contribution in [0.1, 0.15) is 0 Å². The molecule has 9 aromatic carbocycles. The van der Waals surface area contributed by atoms with Crippen molar-refractivity contribution in [3.8, 4) is 28.3 Å². The molecule has 57 heavy (non-hydrogen) atoms. The summed E-state index contributed by atoms with van der Waals surface area (Å²) >= 11 is 1.77. The number of hydrogen-bond acceptors (Lipinski definition) is 4. The first-order valence-electron chi connectivity index (χ1n) is 19.3. The third kappa shape index (κ3) is 4.26. The molecule has 0 fully saturated rings. The molecule has 0 saturated carbocycles. The van der Waals surface area contributed by atoms with Crippen molar-refractivity contribution in [3.05, 3.63) is 182 Å². The van der Waals surface area contributed by atoms with Gasteiger partial charge in [-0.05, 0) is 58.1 Å². The summed E-state index contributed by atoms with van der Waals surface area (Å²) in [6.07, 6.45) is 0. The van der Waals surface area contributed by atoms with Crippen LogP contribution in [-0.4, -0.2) is 14.5 Å². The summed E-state index contributed by atoms with van der Waals surface area (Å²) in [5.41, 5.74) is 10.3. The highest BCUT2D eigenvalue weighted by Gasteiger charge is 2.29. The third-order valence-electron chi connectivity index (χ3n) is 11.9. The molecule has 5 heteroatoms. The van der Waals surface area contributed by atoms with Gasteiger partial charge in [-0.25, -0.2) is 9.97 Å². The number of para-hydroxylation sites is 2. The Bertz CT molecular complexity index is 3610. The monoisotopic (exact) mass is 742 g/mol. The summed E-state index contributed by atoms with van der Waals surface area (Å²) in [7, 11) is 0. The van der Waals surface area contributed by atoms with Crippen LogP contribution < -0.4 is 4.90 Å². The highest BCUT2D eigenvalue weighted by atomic mass is 32.1. The fourth-order valence-electron chi connectivity index (χ4n) is 9.49. The van der Waals surface area contributed by atoms with E-state index < -0.39 is 0 Å². The molecule has 4 nitrogen and oxygen atoms in total. The maximum atomic E-state index is 5.59. The van der Waals surface area contributed by atoms with Gasteiger partial charge < -0.3 is 4.90 Å². The van der Waals surface area contributed by atoms with E-state index in [-0.39, 0.29) is 0 Å². The number of nitrogens with zero attached hydrogens (tertiary/aromatic N) is 4. The molecule has 1 aliphatic rings. The normalized spacial score (nSPS) is 12.5. The van der Waals surface area contributed by atoms with Crippen LogP contribution in [0, 0.1) is 0 Å². The van der Waals surface area contributed by atoms with Crippen LogP contribution in [0.15, 0.2) is 182 Å². The quantitative estimate of drug-likeness (QED) is 0.181. The van der Waals surface area contributed by atoms with E-state index in [2.05, 4.69) is 191 Å². The van der Waals surface area contributed by atoms with Crippen molar-refractivity contribution in [3.63, 3.8) is 0 Å². The van der Waals surface area contributed by atoms with Gasteiger partial charge in [0.05, 0.1) is 38.3 Å². The lowest BCUT2D eigenvalue weighted by atomic mass is 9.88. The second kappa shape index (κ2) is 11.6. The van der Waals surface area contributed by atoms with Crippen molar-refractivity contribution in [1.82, 2.24) is 14.5 Å². The van der Waals surface area contributed by atoms with E-state index in [0.717, 1.165) is 54.5 Å². The Kier molecular flexibility index (Phi) is 6.29. The van der Waals surface area contributed by atoms with Crippen LogP contribution >= 0.6 is 11.3 Å². The zero-order chi connectivity index (χ0) is 37.2. The summed E-state index contributed by atoms with van der Waals surface area (Å²) in [4.78, 5) is 13.6. The fraction of sp³-hybridized carbons (Fsp3) is 0. The molecule has 0 atom stereocenters. The van der Waals surface area contributed by atoms with Crippen molar-refractivity contribution in [1.29, 1.82) is 0 Å². The Morgan fingerprint density at radius 1 is 0.404 bits per heavy atom. The highest BCUT2D eigenvalue weighted by Crippen LogP contribution is 2.55. The molecule has 264 valence electrons. The summed E-state index contributed by atoms with van der Waals surface area (Å²) in [6.45, 7) is 0. The largest absolute Gasteiger partial charge is 0.308 e. The topological polar surface area (TPSA) is 34.0 Å². The SMILES string of the molecule is c1ccc2c3c(ccc2c1)-c1cccc2cccc(c12)N3c1ccc(-c2nc(-n3c4ccccc4c4ccccc43)c3sc4ccccc4c3n2)c2ccccc12. The molecule has 1 aliphatic heterocycles. The molecule has 0 unspecified atom stereocenters. The van der Waals surface area contributed by atoms with E-state index in [0.29, 0.717) is 5.82 Å². The highest BCUT2D eigenvalue weighted by molar-refractivity contribution is 7.26. The molecule has 12 aromatic rings. The average molecular weight is 743 g/mol. The Labute approximate surface area is 331 Å². The number of aromatic nitrogens is 3. The Morgan fingerprint density at radius 2 is 1.04 bits per heavy atom. The first-order valence-corrected chi connectivity index (χ1v) is 20.2. The molecular weight excluding hydrogens is 713 g/mol. The molecule has 4 heterocycles. The van der Waals surface area contributed by atoms with Gasteiger partial charge >= 0.3 is 0 Å². The van der Waals surface area contributed by atoms with Crippen molar-refractivity contribution in [2.45, 2.75) is 0 Å². The average Bonchev–Trinajstić information content (AvgIpc) is 3.82. The molecular formula is C52H30N4S. The van der Waals surface area contributed by atoms with Crippen molar-refractivity contribution in [2.24, 2.45) is 0 Å². The molecule has 0 amide bonds. The molecule has 13 rings (SSSR count). The standard InChI is InChI=1S/C52H30N4S/c1-2-16-33-31(13-1)27-28-39-38-22-11-14-32-15-12-25-45(47(32)38)55(49(33)39)44-30-29-40(34-17-3-4-18-35(34)44)51-53-48-41-21-7-10-26-46(41)57-50(48)52(54-51)56-42-23-8-5-19-36(42)37-20-6-9-24-43(37)56/h1-30H. The lowest BCUT2D eigenvalue weighted by Gasteiger charge is -2.35. The maximum Gasteiger partial charge on any atom is 0.162 e. The van der Waals surface area contributed by atoms with Gasteiger partial charge in [0, 0.05) is 48.1 Å². The van der Waals surface area contributed by atoms with Crippen LogP contribution in [0.25, 0.3) is 103 Å². The number of anilines is 3. The van der Waals surface area contributed by atoms with Gasteiger partial charge in [-0.15, -0.1) is 11.3 Å². The predicted octanol–water partition coefficient (Wildman–Crippen LogP) is 14.5. The van der Waals surface area contributed by atoms with E-state index in [9.17, 15) is 0 Å². The summed E-state index contributed by atoms with van der Waals surface area (Å²) in [6, 6.07) is 65.9. The van der Waals surface area contributed by atoms with E-state index in [1.807, 2.05) is 0 Å². The Balaban J connectivity index is 1.11. The minimum absolute atomic E-state index is 0.711. The van der Waals surface area contributed by atoms with Gasteiger partial charge in [-0.1, -0.05) is 146 Å². The smallest absolute Gasteiger partial charge is 0.162 e. The maximum absolute atomic E-state index is 5.59. The van der Waals surface area contributed by atoms with E-state index in [4.69, 9.17) is 9.97 Å².